The summed E-state index contributed by atoms with van der Waals surface area (Å²) in [6.07, 6.45) is 1.65. The maximum atomic E-state index is 13.7. The highest BCUT2D eigenvalue weighted by Crippen LogP contribution is 2.39. The Kier molecular flexibility index (Phi) is 5.35. The number of anilines is 1. The number of nitrogens with zero attached hydrogens (tertiary/aromatic N) is 1. The molecule has 0 unspecified atom stereocenters. The van der Waals surface area contributed by atoms with Crippen LogP contribution in [0.15, 0.2) is 66.7 Å². The second kappa shape index (κ2) is 8.32. The van der Waals surface area contributed by atoms with E-state index in [9.17, 15) is 9.18 Å². The predicted molar refractivity (Wildman–Crippen MR) is 127 cm³/mol. The second-order valence-electron chi connectivity index (χ2n) is 8.09. The number of aryl methyl sites for hydroxylation is 1. The van der Waals surface area contributed by atoms with E-state index in [1.807, 2.05) is 42.5 Å². The molecule has 1 aromatic heterocycles. The number of hydrogen-bond donors (Lipinski definition) is 2. The van der Waals surface area contributed by atoms with E-state index in [1.165, 1.54) is 17.7 Å². The highest BCUT2D eigenvalue weighted by atomic mass is 35.5. The fourth-order valence-corrected chi connectivity index (χ4v) is 4.66. The molecule has 4 aromatic rings. The zero-order valence-electron chi connectivity index (χ0n) is 17.7. The molecule has 5 rings (SSSR count). The van der Waals surface area contributed by atoms with E-state index in [1.54, 1.807) is 17.0 Å². The number of aromatic nitrogens is 1. The maximum Gasteiger partial charge on any atom is 0.322 e. The Bertz CT molecular complexity index is 1280. The lowest BCUT2D eigenvalue weighted by Gasteiger charge is -2.36. The zero-order valence-corrected chi connectivity index (χ0v) is 18.4. The zero-order chi connectivity index (χ0) is 22.2. The van der Waals surface area contributed by atoms with Gasteiger partial charge in [0.25, 0.3) is 0 Å². The number of fused-ring (bicyclic) bond motifs is 3. The number of H-pyrrole nitrogens is 1. The summed E-state index contributed by atoms with van der Waals surface area (Å²) in [4.78, 5) is 18.7. The highest BCUT2D eigenvalue weighted by molar-refractivity contribution is 6.31. The Morgan fingerprint density at radius 1 is 1.12 bits per heavy atom. The molecule has 2 N–H and O–H groups in total. The third-order valence-corrected chi connectivity index (χ3v) is 6.38. The summed E-state index contributed by atoms with van der Waals surface area (Å²) >= 11 is 6.25. The first kappa shape index (κ1) is 20.6. The summed E-state index contributed by atoms with van der Waals surface area (Å²) in [5.41, 5.74) is 5.88. The average Bonchev–Trinajstić information content (AvgIpc) is 3.17. The minimum absolute atomic E-state index is 0.189. The molecule has 162 valence electrons. The van der Waals surface area contributed by atoms with Crippen molar-refractivity contribution in [2.75, 3.05) is 11.9 Å². The fourth-order valence-electron chi connectivity index (χ4n) is 4.49. The topological polar surface area (TPSA) is 48.1 Å². The van der Waals surface area contributed by atoms with Gasteiger partial charge in [-0.15, -0.1) is 0 Å². The molecule has 0 spiro atoms. The van der Waals surface area contributed by atoms with Gasteiger partial charge in [-0.1, -0.05) is 42.8 Å². The molecule has 1 aliphatic rings. The molecule has 1 atom stereocenters. The van der Waals surface area contributed by atoms with Crippen molar-refractivity contribution in [2.24, 2.45) is 0 Å². The summed E-state index contributed by atoms with van der Waals surface area (Å²) in [5, 5.41) is 4.76. The van der Waals surface area contributed by atoms with Crippen molar-refractivity contribution < 1.29 is 9.18 Å². The lowest BCUT2D eigenvalue weighted by Crippen LogP contribution is -2.43. The van der Waals surface area contributed by atoms with Crippen LogP contribution in [-0.2, 0) is 12.8 Å². The lowest BCUT2D eigenvalue weighted by atomic mass is 9.92. The van der Waals surface area contributed by atoms with Crippen molar-refractivity contribution in [1.82, 2.24) is 9.88 Å². The minimum Gasteiger partial charge on any atom is -0.356 e. The number of carbonyl (C=O) groups excluding carboxylic acids is 1. The molecule has 2 heterocycles. The fraction of sp³-hybridized carbons (Fsp3) is 0.192. The van der Waals surface area contributed by atoms with Gasteiger partial charge >= 0.3 is 6.03 Å². The van der Waals surface area contributed by atoms with Gasteiger partial charge in [-0.2, -0.15) is 0 Å². The summed E-state index contributed by atoms with van der Waals surface area (Å²) < 4.78 is 13.7. The van der Waals surface area contributed by atoms with Crippen LogP contribution in [-0.4, -0.2) is 22.5 Å². The van der Waals surface area contributed by atoms with E-state index in [4.69, 9.17) is 11.6 Å². The normalized spacial score (nSPS) is 15.6. The molecule has 2 amide bonds. The van der Waals surface area contributed by atoms with E-state index in [2.05, 4.69) is 17.2 Å². The van der Waals surface area contributed by atoms with Gasteiger partial charge in [0.2, 0.25) is 0 Å². The van der Waals surface area contributed by atoms with Gasteiger partial charge in [0, 0.05) is 33.9 Å². The van der Waals surface area contributed by atoms with Crippen LogP contribution in [0.4, 0.5) is 14.9 Å². The van der Waals surface area contributed by atoms with E-state index < -0.39 is 0 Å². The molecule has 1 aliphatic heterocycles. The largest absolute Gasteiger partial charge is 0.356 e. The van der Waals surface area contributed by atoms with Gasteiger partial charge in [-0.25, -0.2) is 9.18 Å². The van der Waals surface area contributed by atoms with Crippen LogP contribution in [0.5, 0.6) is 0 Å². The Labute approximate surface area is 191 Å². The van der Waals surface area contributed by atoms with E-state index in [0.717, 1.165) is 39.8 Å². The number of rotatable bonds is 3. The van der Waals surface area contributed by atoms with Crippen molar-refractivity contribution >= 4 is 34.2 Å². The monoisotopic (exact) mass is 447 g/mol. The molecule has 0 saturated carbocycles. The number of amides is 2. The van der Waals surface area contributed by atoms with Crippen LogP contribution >= 0.6 is 11.6 Å². The molecular formula is C26H23ClFN3O. The summed E-state index contributed by atoms with van der Waals surface area (Å²) in [6.45, 7) is 2.63. The van der Waals surface area contributed by atoms with Crippen LogP contribution in [0.25, 0.3) is 10.9 Å². The Balaban J connectivity index is 1.55. The Morgan fingerprint density at radius 2 is 1.88 bits per heavy atom. The number of halogens is 2. The van der Waals surface area contributed by atoms with E-state index in [-0.39, 0.29) is 17.9 Å². The van der Waals surface area contributed by atoms with Crippen molar-refractivity contribution in [3.05, 3.63) is 100.0 Å². The Morgan fingerprint density at radius 3 is 2.59 bits per heavy atom. The van der Waals surface area contributed by atoms with Crippen molar-refractivity contribution in [3.8, 4) is 0 Å². The van der Waals surface area contributed by atoms with Crippen molar-refractivity contribution in [2.45, 2.75) is 25.8 Å². The number of carbonyl (C=O) groups is 1. The third-order valence-electron chi connectivity index (χ3n) is 6.15. The molecule has 3 aromatic carbocycles. The summed E-state index contributed by atoms with van der Waals surface area (Å²) in [7, 11) is 0. The first-order valence-corrected chi connectivity index (χ1v) is 11.1. The lowest BCUT2D eigenvalue weighted by molar-refractivity contribution is 0.193. The van der Waals surface area contributed by atoms with Crippen LogP contribution < -0.4 is 5.32 Å². The Hall–Kier alpha value is -3.31. The predicted octanol–water partition coefficient (Wildman–Crippen LogP) is 6.70. The third kappa shape index (κ3) is 3.73. The first-order valence-electron chi connectivity index (χ1n) is 10.8. The molecule has 0 aliphatic carbocycles. The SMILES string of the molecule is CCc1ccc(NC(=O)N2CCc3c([nH]c4ccc(Cl)cc34)[C@H]2c2ccc(F)cc2)cc1. The van der Waals surface area contributed by atoms with Gasteiger partial charge in [0.15, 0.2) is 0 Å². The molecule has 0 fully saturated rings. The number of urea groups is 1. The minimum atomic E-state index is -0.361. The molecule has 6 heteroatoms. The van der Waals surface area contributed by atoms with Crippen LogP contribution in [0.3, 0.4) is 0 Å². The van der Waals surface area contributed by atoms with Gasteiger partial charge in [0.1, 0.15) is 5.82 Å². The molecule has 0 radical (unpaired) electrons. The summed E-state index contributed by atoms with van der Waals surface area (Å²) in [6, 6.07) is 19.4. The molecule has 32 heavy (non-hydrogen) atoms. The maximum absolute atomic E-state index is 13.7. The number of aromatic amines is 1. The first-order chi connectivity index (χ1) is 15.5. The van der Waals surface area contributed by atoms with Gasteiger partial charge in [0.05, 0.1) is 6.04 Å². The van der Waals surface area contributed by atoms with Crippen LogP contribution in [0.1, 0.15) is 35.3 Å². The van der Waals surface area contributed by atoms with Crippen LogP contribution in [0, 0.1) is 5.82 Å². The van der Waals surface area contributed by atoms with Gasteiger partial charge < -0.3 is 15.2 Å². The quantitative estimate of drug-likeness (QED) is 0.360. The van der Waals surface area contributed by atoms with Gasteiger partial charge in [-0.05, 0) is 72.0 Å². The highest BCUT2D eigenvalue weighted by Gasteiger charge is 2.34. The smallest absolute Gasteiger partial charge is 0.322 e. The second-order valence-corrected chi connectivity index (χ2v) is 8.52. The molecule has 4 nitrogen and oxygen atoms in total. The summed E-state index contributed by atoms with van der Waals surface area (Å²) in [5.74, 6) is -0.305. The van der Waals surface area contributed by atoms with Crippen molar-refractivity contribution in [1.29, 1.82) is 0 Å². The van der Waals surface area contributed by atoms with Crippen LogP contribution in [0.2, 0.25) is 5.02 Å². The molecule has 0 saturated heterocycles. The average molecular weight is 448 g/mol. The molecular weight excluding hydrogens is 425 g/mol. The number of benzene rings is 3. The van der Waals surface area contributed by atoms with Gasteiger partial charge in [-0.3, -0.25) is 0 Å². The van der Waals surface area contributed by atoms with Crippen molar-refractivity contribution in [3.63, 3.8) is 0 Å². The number of nitrogens with one attached hydrogen (secondary N) is 2. The standard InChI is InChI=1S/C26H23ClFN3O/c1-2-16-3-10-20(11-4-16)29-26(32)31-14-13-21-22-15-18(27)7-12-23(22)30-24(21)25(31)17-5-8-19(28)9-6-17/h3-12,15,25,30H,2,13-14H2,1H3,(H,29,32)/t25-/m1/s1. The van der Waals surface area contributed by atoms with E-state index >= 15 is 0 Å². The van der Waals surface area contributed by atoms with E-state index in [0.29, 0.717) is 18.0 Å². The number of hydrogen-bond acceptors (Lipinski definition) is 1. The molecule has 0 bridgehead atoms.